The molecule has 0 aromatic rings. The van der Waals surface area contributed by atoms with E-state index in [-0.39, 0.29) is 12.5 Å². The molecule has 0 aliphatic rings. The number of hydrogen-bond acceptors (Lipinski definition) is 3. The van der Waals surface area contributed by atoms with E-state index in [4.69, 9.17) is 0 Å². The van der Waals surface area contributed by atoms with Crippen molar-refractivity contribution >= 4 is 5.91 Å². The number of amides is 1. The first-order chi connectivity index (χ1) is 41.2. The fourth-order valence-electron chi connectivity index (χ4n) is 9.43. The lowest BCUT2D eigenvalue weighted by Gasteiger charge is -2.19. The van der Waals surface area contributed by atoms with Crippen molar-refractivity contribution in [3.8, 4) is 0 Å². The molecule has 0 saturated heterocycles. The molecule has 0 radical (unpaired) electrons. The van der Waals surface area contributed by atoms with Gasteiger partial charge < -0.3 is 15.5 Å². The number of carbonyl (C=O) groups excluding carboxylic acids is 1. The smallest absolute Gasteiger partial charge is 0.220 e. The van der Waals surface area contributed by atoms with Crippen LogP contribution in [0.25, 0.3) is 0 Å². The highest BCUT2D eigenvalue weighted by Crippen LogP contribution is 2.16. The molecular weight excluding hydrogens is 1010 g/mol. The Morgan fingerprint density at radius 1 is 0.301 bits per heavy atom. The van der Waals surface area contributed by atoms with Crippen LogP contribution in [-0.2, 0) is 4.79 Å². The number of aliphatic hydroxyl groups is 2. The van der Waals surface area contributed by atoms with Gasteiger partial charge in [0.1, 0.15) is 0 Å². The average Bonchev–Trinajstić information content (AvgIpc) is 3.51. The van der Waals surface area contributed by atoms with Crippen LogP contribution in [0.5, 0.6) is 0 Å². The number of carbonyl (C=O) groups is 1. The fourth-order valence-corrected chi connectivity index (χ4v) is 9.43. The Balaban J connectivity index is 3.70. The fraction of sp³-hybridized carbons (Fsp3) is 0.608. The molecule has 0 heterocycles. The lowest BCUT2D eigenvalue weighted by Crippen LogP contribution is -2.45. The Bertz CT molecular complexity index is 1820. The van der Waals surface area contributed by atoms with Crippen molar-refractivity contribution in [1.29, 1.82) is 0 Å². The summed E-state index contributed by atoms with van der Waals surface area (Å²) in [5.41, 5.74) is 0. The molecule has 0 aromatic heterocycles. The van der Waals surface area contributed by atoms with Gasteiger partial charge in [-0.1, -0.05) is 331 Å². The first kappa shape index (κ1) is 78.5. The van der Waals surface area contributed by atoms with E-state index in [2.05, 4.69) is 189 Å². The second kappa shape index (κ2) is 71.8. The molecule has 2 atom stereocenters. The highest BCUT2D eigenvalue weighted by atomic mass is 16.3. The number of nitrogens with one attached hydrogen (secondary N) is 1. The molecular formula is C79H129NO3. The van der Waals surface area contributed by atoms with Crippen molar-refractivity contribution in [3.05, 3.63) is 182 Å². The standard InChI is InChI=1S/C79H129NO3/c1-3-5-7-9-11-13-15-17-19-21-23-25-27-29-31-33-35-36-37-38-39-40-41-42-43-44-45-47-49-51-53-55-57-59-61-63-65-67-69-71-73-75-79(83)80-77(76-81)78(82)74-72-70-68-66-64-62-60-58-56-54-52-50-48-46-34-32-30-28-26-24-22-20-18-16-14-12-10-8-6-4-2/h5,7,11,13,17,19,23,25,29,31,35-36,38-39,41-42,44-45,49,51,55-58,61,63-64,66,72,74,77-78,81-82H,3-4,6,8-10,12,14-16,18,20-22,24,26-28,30,32-34,37,40,43,46-48,50,52-54,59-60,62,65,67-71,73,75-76H2,1-2H3,(H,80,83)/b7-5-,13-11-,19-17-,25-23-,31-29-,36-35-,39-38-,42-41-,45-44-,51-49-,57-55-,58-56+,63-61-,66-64+,74-72+. The summed E-state index contributed by atoms with van der Waals surface area (Å²) in [4.78, 5) is 12.5. The Morgan fingerprint density at radius 2 is 0.542 bits per heavy atom. The summed E-state index contributed by atoms with van der Waals surface area (Å²) >= 11 is 0. The summed E-state index contributed by atoms with van der Waals surface area (Å²) < 4.78 is 0. The third-order valence-electron chi connectivity index (χ3n) is 14.6. The molecule has 0 spiro atoms. The number of rotatable bonds is 61. The van der Waals surface area contributed by atoms with Gasteiger partial charge in [0.05, 0.1) is 18.8 Å². The zero-order valence-corrected chi connectivity index (χ0v) is 53.9. The molecule has 0 aliphatic carbocycles. The minimum atomic E-state index is -0.897. The normalized spacial score (nSPS) is 13.9. The van der Waals surface area contributed by atoms with E-state index in [1.54, 1.807) is 6.08 Å². The molecule has 0 rings (SSSR count). The zero-order chi connectivity index (χ0) is 59.8. The highest BCUT2D eigenvalue weighted by Gasteiger charge is 2.18. The number of allylic oxidation sites excluding steroid dienone is 29. The topological polar surface area (TPSA) is 69.6 Å². The monoisotopic (exact) mass is 1140 g/mol. The summed E-state index contributed by atoms with van der Waals surface area (Å²) in [7, 11) is 0. The van der Waals surface area contributed by atoms with E-state index in [9.17, 15) is 15.0 Å². The Kier molecular flexibility index (Phi) is 67.9. The van der Waals surface area contributed by atoms with Gasteiger partial charge in [-0.25, -0.2) is 0 Å². The van der Waals surface area contributed by atoms with Crippen LogP contribution in [0.2, 0.25) is 0 Å². The van der Waals surface area contributed by atoms with Gasteiger partial charge in [0, 0.05) is 6.42 Å². The van der Waals surface area contributed by atoms with E-state index < -0.39 is 12.1 Å². The molecule has 2 unspecified atom stereocenters. The molecule has 468 valence electrons. The largest absolute Gasteiger partial charge is 0.394 e. The molecule has 3 N–H and O–H groups in total. The lowest BCUT2D eigenvalue weighted by atomic mass is 10.0. The first-order valence-corrected chi connectivity index (χ1v) is 34.5. The molecule has 83 heavy (non-hydrogen) atoms. The third kappa shape index (κ3) is 68.2. The molecule has 4 nitrogen and oxygen atoms in total. The maximum absolute atomic E-state index is 12.5. The molecule has 4 heteroatoms. The summed E-state index contributed by atoms with van der Waals surface area (Å²) in [5.74, 6) is -0.108. The molecule has 0 bridgehead atoms. The number of hydrogen-bond donors (Lipinski definition) is 3. The van der Waals surface area contributed by atoms with E-state index >= 15 is 0 Å². The Hall–Kier alpha value is -4.51. The number of unbranched alkanes of at least 4 members (excludes halogenated alkanes) is 26. The van der Waals surface area contributed by atoms with Crippen molar-refractivity contribution < 1.29 is 15.0 Å². The third-order valence-corrected chi connectivity index (χ3v) is 14.6. The maximum atomic E-state index is 12.5. The van der Waals surface area contributed by atoms with Gasteiger partial charge in [-0.15, -0.1) is 0 Å². The molecule has 0 aliphatic heterocycles. The molecule has 0 aromatic carbocycles. The number of aliphatic hydroxyl groups excluding tert-OH is 2. The van der Waals surface area contributed by atoms with Gasteiger partial charge in [-0.2, -0.15) is 0 Å². The molecule has 1 amide bonds. The van der Waals surface area contributed by atoms with Gasteiger partial charge in [0.15, 0.2) is 0 Å². The van der Waals surface area contributed by atoms with Crippen molar-refractivity contribution in [2.75, 3.05) is 6.61 Å². The van der Waals surface area contributed by atoms with E-state index in [1.807, 2.05) is 6.08 Å². The highest BCUT2D eigenvalue weighted by molar-refractivity contribution is 5.76. The van der Waals surface area contributed by atoms with Gasteiger partial charge in [-0.05, 0) is 135 Å². The minimum Gasteiger partial charge on any atom is -0.394 e. The van der Waals surface area contributed by atoms with Gasteiger partial charge in [0.2, 0.25) is 5.91 Å². The van der Waals surface area contributed by atoms with Crippen LogP contribution in [0.4, 0.5) is 0 Å². The van der Waals surface area contributed by atoms with Crippen LogP contribution in [0.3, 0.4) is 0 Å². The van der Waals surface area contributed by atoms with Crippen LogP contribution in [0.1, 0.15) is 290 Å². The zero-order valence-electron chi connectivity index (χ0n) is 53.9. The quantitative estimate of drug-likeness (QED) is 0.0420. The SMILES string of the molecule is CC/C=C\C/C=C\C/C=C\C/C=C\C/C=C\C/C=C\C/C=C\C/C=C\C/C=C\C/C=C\C/C=C\C/C=C\CCCCCCC(=O)NC(CO)C(O)/C=C/CC/C=C/CC/C=C/CCCCCCCCCCCCCCCCCCCCCC. The van der Waals surface area contributed by atoms with Crippen molar-refractivity contribution in [2.45, 2.75) is 302 Å². The van der Waals surface area contributed by atoms with E-state index in [1.165, 1.54) is 135 Å². The maximum Gasteiger partial charge on any atom is 0.220 e. The van der Waals surface area contributed by atoms with Crippen molar-refractivity contribution in [1.82, 2.24) is 5.32 Å². The summed E-state index contributed by atoms with van der Waals surface area (Å²) in [5, 5.41) is 23.2. The van der Waals surface area contributed by atoms with Gasteiger partial charge in [-0.3, -0.25) is 4.79 Å². The van der Waals surface area contributed by atoms with Crippen molar-refractivity contribution in [3.63, 3.8) is 0 Å². The van der Waals surface area contributed by atoms with Crippen LogP contribution >= 0.6 is 0 Å². The minimum absolute atomic E-state index is 0.108. The Morgan fingerprint density at radius 3 is 0.843 bits per heavy atom. The second-order valence-corrected chi connectivity index (χ2v) is 22.5. The molecule has 0 saturated carbocycles. The first-order valence-electron chi connectivity index (χ1n) is 34.5. The van der Waals surface area contributed by atoms with Crippen LogP contribution in [-0.4, -0.2) is 34.9 Å². The summed E-state index contributed by atoms with van der Waals surface area (Å²) in [6.45, 7) is 4.18. The van der Waals surface area contributed by atoms with Gasteiger partial charge >= 0.3 is 0 Å². The predicted molar refractivity (Wildman–Crippen MR) is 372 cm³/mol. The van der Waals surface area contributed by atoms with Crippen LogP contribution in [0.15, 0.2) is 182 Å². The van der Waals surface area contributed by atoms with Gasteiger partial charge in [0.25, 0.3) is 0 Å². The summed E-state index contributed by atoms with van der Waals surface area (Å²) in [6.07, 6.45) is 117. The van der Waals surface area contributed by atoms with Crippen LogP contribution in [0, 0.1) is 0 Å². The van der Waals surface area contributed by atoms with E-state index in [0.29, 0.717) is 6.42 Å². The van der Waals surface area contributed by atoms with Crippen molar-refractivity contribution in [2.24, 2.45) is 0 Å². The van der Waals surface area contributed by atoms with E-state index in [0.717, 1.165) is 135 Å². The molecule has 0 fully saturated rings. The van der Waals surface area contributed by atoms with Crippen LogP contribution < -0.4 is 5.32 Å². The average molecular weight is 1140 g/mol. The predicted octanol–water partition coefficient (Wildman–Crippen LogP) is 24.0. The Labute approximate surface area is 514 Å². The lowest BCUT2D eigenvalue weighted by molar-refractivity contribution is -0.123. The second-order valence-electron chi connectivity index (χ2n) is 22.5. The summed E-state index contributed by atoms with van der Waals surface area (Å²) in [6, 6.07) is -0.675.